The van der Waals surface area contributed by atoms with Gasteiger partial charge in [0.05, 0.1) is 13.7 Å². The van der Waals surface area contributed by atoms with Gasteiger partial charge in [0.1, 0.15) is 10.6 Å². The van der Waals surface area contributed by atoms with Gasteiger partial charge < -0.3 is 9.84 Å². The number of aliphatic hydroxyl groups is 1. The van der Waals surface area contributed by atoms with Gasteiger partial charge in [0.2, 0.25) is 10.0 Å². The number of aliphatic hydroxyl groups excluding tert-OH is 1. The Kier molecular flexibility index (Phi) is 5.13. The summed E-state index contributed by atoms with van der Waals surface area (Å²) < 4.78 is 32.0. The maximum absolute atomic E-state index is 12.2. The number of methoxy groups -OCH3 is 1. The highest BCUT2D eigenvalue weighted by Gasteiger charge is 2.21. The average Bonchev–Trinajstić information content (AvgIpc) is 2.37. The summed E-state index contributed by atoms with van der Waals surface area (Å²) >= 11 is 0. The predicted molar refractivity (Wildman–Crippen MR) is 69.0 cm³/mol. The third-order valence-corrected chi connectivity index (χ3v) is 4.28. The van der Waals surface area contributed by atoms with E-state index in [-0.39, 0.29) is 23.3 Å². The van der Waals surface area contributed by atoms with Crippen molar-refractivity contribution in [2.24, 2.45) is 0 Å². The molecule has 0 aliphatic rings. The molecule has 18 heavy (non-hydrogen) atoms. The number of sulfonamides is 1. The van der Waals surface area contributed by atoms with Crippen molar-refractivity contribution in [1.82, 2.24) is 4.72 Å². The minimum atomic E-state index is -3.63. The molecule has 0 aromatic heterocycles. The first-order valence-corrected chi connectivity index (χ1v) is 7.23. The molecule has 5 nitrogen and oxygen atoms in total. The van der Waals surface area contributed by atoms with Crippen LogP contribution in [-0.2, 0) is 16.6 Å². The quantitative estimate of drug-likeness (QED) is 0.818. The molecule has 0 aliphatic heterocycles. The number of rotatable bonds is 6. The number of ether oxygens (including phenoxy) is 1. The third-order valence-electron chi connectivity index (χ3n) is 2.67. The summed E-state index contributed by atoms with van der Waals surface area (Å²) in [5.74, 6) is 0.267. The number of benzene rings is 1. The lowest BCUT2D eigenvalue weighted by Gasteiger charge is -2.15. The van der Waals surface area contributed by atoms with Gasteiger partial charge in [-0.25, -0.2) is 13.1 Å². The number of nitrogens with one attached hydrogen (secondary N) is 1. The normalized spacial score (nSPS) is 13.3. The molecule has 1 unspecified atom stereocenters. The maximum Gasteiger partial charge on any atom is 0.244 e. The molecule has 1 aromatic carbocycles. The van der Waals surface area contributed by atoms with E-state index in [1.54, 1.807) is 13.0 Å². The van der Waals surface area contributed by atoms with Crippen LogP contribution in [0.25, 0.3) is 0 Å². The van der Waals surface area contributed by atoms with Gasteiger partial charge >= 0.3 is 0 Å². The summed E-state index contributed by atoms with van der Waals surface area (Å²) in [6.07, 6.45) is 0.696. The zero-order valence-electron chi connectivity index (χ0n) is 10.8. The van der Waals surface area contributed by atoms with Crippen molar-refractivity contribution in [3.8, 4) is 5.75 Å². The molecule has 2 N–H and O–H groups in total. The highest BCUT2D eigenvalue weighted by Crippen LogP contribution is 2.25. The van der Waals surface area contributed by atoms with E-state index in [0.29, 0.717) is 12.0 Å². The fraction of sp³-hybridized carbons (Fsp3) is 0.500. The molecule has 0 bridgehead atoms. The van der Waals surface area contributed by atoms with Crippen LogP contribution in [0.4, 0.5) is 0 Å². The van der Waals surface area contributed by atoms with Gasteiger partial charge in [-0.15, -0.1) is 0 Å². The van der Waals surface area contributed by atoms with Crippen molar-refractivity contribution in [3.05, 3.63) is 23.8 Å². The van der Waals surface area contributed by atoms with E-state index < -0.39 is 10.0 Å². The van der Waals surface area contributed by atoms with Gasteiger partial charge in [0.15, 0.2) is 0 Å². The van der Waals surface area contributed by atoms with E-state index in [1.165, 1.54) is 19.2 Å². The molecule has 1 atom stereocenters. The van der Waals surface area contributed by atoms with E-state index >= 15 is 0 Å². The molecule has 1 aromatic rings. The molecule has 6 heteroatoms. The average molecular weight is 273 g/mol. The molecule has 0 heterocycles. The van der Waals surface area contributed by atoms with E-state index in [2.05, 4.69) is 4.72 Å². The summed E-state index contributed by atoms with van der Waals surface area (Å²) in [6, 6.07) is 4.43. The largest absolute Gasteiger partial charge is 0.495 e. The van der Waals surface area contributed by atoms with E-state index in [4.69, 9.17) is 9.84 Å². The Bertz CT molecular complexity index is 499. The van der Waals surface area contributed by atoms with Crippen LogP contribution in [0, 0.1) is 0 Å². The van der Waals surface area contributed by atoms with Gasteiger partial charge in [-0.1, -0.05) is 13.0 Å². The molecule has 1 rings (SSSR count). The zero-order valence-corrected chi connectivity index (χ0v) is 11.6. The van der Waals surface area contributed by atoms with Crippen molar-refractivity contribution in [1.29, 1.82) is 0 Å². The molecule has 0 fully saturated rings. The minimum absolute atomic E-state index is 0.0526. The fourth-order valence-electron chi connectivity index (χ4n) is 1.44. The van der Waals surface area contributed by atoms with Crippen LogP contribution < -0.4 is 9.46 Å². The molecule has 0 radical (unpaired) electrons. The molecular weight excluding hydrogens is 254 g/mol. The van der Waals surface area contributed by atoms with Gasteiger partial charge in [-0.2, -0.15) is 0 Å². The smallest absolute Gasteiger partial charge is 0.244 e. The Morgan fingerprint density at radius 2 is 2.11 bits per heavy atom. The Balaban J connectivity index is 3.20. The second-order valence-electron chi connectivity index (χ2n) is 4.07. The predicted octanol–water partition coefficient (Wildman–Crippen LogP) is 1.26. The third kappa shape index (κ3) is 3.44. The van der Waals surface area contributed by atoms with Crippen molar-refractivity contribution < 1.29 is 18.3 Å². The van der Waals surface area contributed by atoms with Crippen molar-refractivity contribution in [3.63, 3.8) is 0 Å². The Morgan fingerprint density at radius 1 is 1.44 bits per heavy atom. The Labute approximate surface area is 108 Å². The van der Waals surface area contributed by atoms with Crippen LogP contribution in [0.3, 0.4) is 0 Å². The van der Waals surface area contributed by atoms with Crippen molar-refractivity contribution in [2.45, 2.75) is 37.8 Å². The SMILES string of the molecule is CCC(C)NS(=O)(=O)c1cc(CO)ccc1OC. The highest BCUT2D eigenvalue weighted by molar-refractivity contribution is 7.89. The number of hydrogen-bond donors (Lipinski definition) is 2. The first kappa shape index (κ1) is 14.9. The van der Waals surface area contributed by atoms with Crippen LogP contribution in [0.2, 0.25) is 0 Å². The second-order valence-corrected chi connectivity index (χ2v) is 5.76. The van der Waals surface area contributed by atoms with E-state index in [1.807, 2.05) is 6.92 Å². The fourth-order valence-corrected chi connectivity index (χ4v) is 2.99. The lowest BCUT2D eigenvalue weighted by atomic mass is 10.2. The van der Waals surface area contributed by atoms with Crippen LogP contribution in [0.5, 0.6) is 5.75 Å². The first-order chi connectivity index (χ1) is 8.44. The van der Waals surface area contributed by atoms with Crippen LogP contribution in [-0.4, -0.2) is 26.7 Å². The lowest BCUT2D eigenvalue weighted by molar-refractivity contribution is 0.281. The standard InChI is InChI=1S/C12H19NO4S/c1-4-9(2)13-18(15,16)12-7-10(8-14)5-6-11(12)17-3/h5-7,9,13-14H,4,8H2,1-3H3. The van der Waals surface area contributed by atoms with Crippen LogP contribution >= 0.6 is 0 Å². The topological polar surface area (TPSA) is 75.6 Å². The molecule has 102 valence electrons. The van der Waals surface area contributed by atoms with E-state index in [9.17, 15) is 8.42 Å². The summed E-state index contributed by atoms with van der Waals surface area (Å²) in [7, 11) is -2.22. The minimum Gasteiger partial charge on any atom is -0.495 e. The highest BCUT2D eigenvalue weighted by atomic mass is 32.2. The van der Waals surface area contributed by atoms with Crippen molar-refractivity contribution >= 4 is 10.0 Å². The van der Waals surface area contributed by atoms with E-state index in [0.717, 1.165) is 0 Å². The molecular formula is C12H19NO4S. The molecule has 0 amide bonds. The van der Waals surface area contributed by atoms with Crippen LogP contribution in [0.15, 0.2) is 23.1 Å². The van der Waals surface area contributed by atoms with Gasteiger partial charge in [0.25, 0.3) is 0 Å². The summed E-state index contributed by atoms with van der Waals surface area (Å²) in [4.78, 5) is 0.0526. The summed E-state index contributed by atoms with van der Waals surface area (Å²) in [5, 5.41) is 9.06. The van der Waals surface area contributed by atoms with Gasteiger partial charge in [-0.3, -0.25) is 0 Å². The molecule has 0 aliphatic carbocycles. The van der Waals surface area contributed by atoms with Crippen LogP contribution in [0.1, 0.15) is 25.8 Å². The summed E-state index contributed by atoms with van der Waals surface area (Å²) in [6.45, 7) is 3.48. The van der Waals surface area contributed by atoms with Gasteiger partial charge in [-0.05, 0) is 31.0 Å². The monoisotopic (exact) mass is 273 g/mol. The maximum atomic E-state index is 12.2. The summed E-state index contributed by atoms with van der Waals surface area (Å²) in [5.41, 5.74) is 0.528. The molecule has 0 spiro atoms. The second kappa shape index (κ2) is 6.17. The zero-order chi connectivity index (χ0) is 13.8. The molecule has 0 saturated carbocycles. The Hall–Kier alpha value is -1.11. The lowest BCUT2D eigenvalue weighted by Crippen LogP contribution is -2.32. The molecule has 0 saturated heterocycles. The first-order valence-electron chi connectivity index (χ1n) is 5.74. The number of hydrogen-bond acceptors (Lipinski definition) is 4. The van der Waals surface area contributed by atoms with Gasteiger partial charge in [0, 0.05) is 6.04 Å². The van der Waals surface area contributed by atoms with Crippen molar-refractivity contribution in [2.75, 3.05) is 7.11 Å². The Morgan fingerprint density at radius 3 is 2.61 bits per heavy atom.